The van der Waals surface area contributed by atoms with Gasteiger partial charge in [-0.25, -0.2) is 9.13 Å². The van der Waals surface area contributed by atoms with Crippen molar-refractivity contribution < 1.29 is 21.5 Å². The van der Waals surface area contributed by atoms with Gasteiger partial charge in [0.1, 0.15) is 12.4 Å². The summed E-state index contributed by atoms with van der Waals surface area (Å²) in [4.78, 5) is 0. The van der Waals surface area contributed by atoms with Gasteiger partial charge in [0.25, 0.3) is 0 Å². The number of aromatic nitrogens is 2. The standard InChI is InChI=1S/C13H25N3S.BrH/c14-7-5-3-1-2-4-6-8-15-9-10-16(13-15)11-12-17;/h9-10,13H,1-8,11-12,14H2;1H. The maximum absolute atomic E-state index is 5.46. The topological polar surface area (TPSA) is 34.8 Å². The number of halogens is 1. The number of nitrogens with zero attached hydrogens (tertiary/aromatic N) is 2. The number of hydrogen-bond acceptors (Lipinski definition) is 2. The number of hydrogen-bond donors (Lipinski definition) is 2. The summed E-state index contributed by atoms with van der Waals surface area (Å²) in [7, 11) is 0. The van der Waals surface area contributed by atoms with Gasteiger partial charge in [0.05, 0.1) is 13.1 Å². The van der Waals surface area contributed by atoms with E-state index in [2.05, 4.69) is 40.5 Å². The van der Waals surface area contributed by atoms with Crippen LogP contribution in [-0.4, -0.2) is 16.9 Å². The predicted octanol–water partition coefficient (Wildman–Crippen LogP) is -0.991. The molecule has 2 N–H and O–H groups in total. The molecule has 106 valence electrons. The van der Waals surface area contributed by atoms with Crippen molar-refractivity contribution in [3.8, 4) is 0 Å². The highest BCUT2D eigenvalue weighted by Crippen LogP contribution is 2.05. The fourth-order valence-electron chi connectivity index (χ4n) is 1.96. The number of rotatable bonds is 10. The Morgan fingerprint density at radius 1 is 1.06 bits per heavy atom. The summed E-state index contributed by atoms with van der Waals surface area (Å²) in [5, 5.41) is 0. The van der Waals surface area contributed by atoms with Gasteiger partial charge >= 0.3 is 0 Å². The Morgan fingerprint density at radius 3 is 2.39 bits per heavy atom. The minimum Gasteiger partial charge on any atom is -1.00 e. The van der Waals surface area contributed by atoms with E-state index in [0.29, 0.717) is 0 Å². The number of imidazole rings is 1. The van der Waals surface area contributed by atoms with Crippen molar-refractivity contribution in [2.75, 3.05) is 12.3 Å². The lowest BCUT2D eigenvalue weighted by atomic mass is 10.1. The van der Waals surface area contributed by atoms with Gasteiger partial charge in [-0.15, -0.1) is 0 Å². The summed E-state index contributed by atoms with van der Waals surface area (Å²) >= 11 is 4.23. The molecule has 0 radical (unpaired) electrons. The van der Waals surface area contributed by atoms with E-state index >= 15 is 0 Å². The summed E-state index contributed by atoms with van der Waals surface area (Å²) in [6.45, 7) is 2.97. The fourth-order valence-corrected chi connectivity index (χ4v) is 2.20. The van der Waals surface area contributed by atoms with Crippen LogP contribution < -0.4 is 27.3 Å². The molecule has 0 fully saturated rings. The van der Waals surface area contributed by atoms with Gasteiger partial charge in [-0.2, -0.15) is 12.6 Å². The molecular weight excluding hydrogens is 310 g/mol. The van der Waals surface area contributed by atoms with Gasteiger partial charge in [-0.1, -0.05) is 19.3 Å². The van der Waals surface area contributed by atoms with E-state index in [9.17, 15) is 0 Å². The lowest BCUT2D eigenvalue weighted by Gasteiger charge is -1.99. The number of thiol groups is 1. The molecule has 1 aromatic rings. The maximum Gasteiger partial charge on any atom is 0.243 e. The van der Waals surface area contributed by atoms with Crippen LogP contribution in [0, 0.1) is 0 Å². The minimum atomic E-state index is 0. The van der Waals surface area contributed by atoms with Crippen LogP contribution in [-0.2, 0) is 13.1 Å². The van der Waals surface area contributed by atoms with Gasteiger partial charge in [-0.05, 0) is 25.8 Å². The quantitative estimate of drug-likeness (QED) is 0.321. The van der Waals surface area contributed by atoms with E-state index in [1.165, 1.54) is 38.5 Å². The molecule has 5 heteroatoms. The average Bonchev–Trinajstić information content (AvgIpc) is 2.76. The Morgan fingerprint density at radius 2 is 1.72 bits per heavy atom. The molecule has 0 saturated carbocycles. The molecule has 0 amide bonds. The zero-order chi connectivity index (χ0) is 12.3. The van der Waals surface area contributed by atoms with Crippen molar-refractivity contribution in [2.45, 2.75) is 51.6 Å². The Bertz CT molecular complexity index is 292. The molecule has 0 atom stereocenters. The van der Waals surface area contributed by atoms with E-state index in [-0.39, 0.29) is 17.0 Å². The van der Waals surface area contributed by atoms with Crippen LogP contribution in [0.15, 0.2) is 18.7 Å². The van der Waals surface area contributed by atoms with Gasteiger partial charge in [0, 0.05) is 5.75 Å². The van der Waals surface area contributed by atoms with Gasteiger partial charge < -0.3 is 22.7 Å². The van der Waals surface area contributed by atoms with Crippen LogP contribution >= 0.6 is 12.6 Å². The summed E-state index contributed by atoms with van der Waals surface area (Å²) in [6, 6.07) is 0. The van der Waals surface area contributed by atoms with Crippen LogP contribution in [0.25, 0.3) is 0 Å². The first kappa shape index (κ1) is 18.0. The summed E-state index contributed by atoms with van der Waals surface area (Å²) in [5.41, 5.74) is 5.46. The van der Waals surface area contributed by atoms with Crippen LogP contribution in [0.2, 0.25) is 0 Å². The summed E-state index contributed by atoms with van der Waals surface area (Å²) < 4.78 is 4.46. The molecule has 1 aromatic heterocycles. The molecule has 0 saturated heterocycles. The Kier molecular flexibility index (Phi) is 12.1. The predicted molar refractivity (Wildman–Crippen MR) is 75.2 cm³/mol. The molecule has 0 spiro atoms. The van der Waals surface area contributed by atoms with Crippen LogP contribution in [0.3, 0.4) is 0 Å². The molecule has 0 unspecified atom stereocenters. The molecule has 18 heavy (non-hydrogen) atoms. The SMILES string of the molecule is NCCCCCCCCn1cc[n+](CCS)c1.[Br-]. The Labute approximate surface area is 127 Å². The lowest BCUT2D eigenvalue weighted by molar-refractivity contribution is -0.691. The first-order valence-corrected chi connectivity index (χ1v) is 7.36. The highest BCUT2D eigenvalue weighted by atomic mass is 79.9. The van der Waals surface area contributed by atoms with Crippen molar-refractivity contribution in [1.29, 1.82) is 0 Å². The second-order valence-electron chi connectivity index (χ2n) is 4.52. The smallest absolute Gasteiger partial charge is 0.243 e. The van der Waals surface area contributed by atoms with E-state index in [1.807, 2.05) is 0 Å². The van der Waals surface area contributed by atoms with E-state index in [1.54, 1.807) is 0 Å². The number of aryl methyl sites for hydroxylation is 2. The van der Waals surface area contributed by atoms with E-state index in [0.717, 1.165) is 25.4 Å². The van der Waals surface area contributed by atoms with Crippen LogP contribution in [0.1, 0.15) is 38.5 Å². The monoisotopic (exact) mass is 335 g/mol. The third-order valence-corrected chi connectivity index (χ3v) is 3.17. The average molecular weight is 336 g/mol. The van der Waals surface area contributed by atoms with Crippen molar-refractivity contribution in [1.82, 2.24) is 4.57 Å². The molecule has 1 heterocycles. The van der Waals surface area contributed by atoms with Gasteiger partial charge in [0.2, 0.25) is 6.33 Å². The highest BCUT2D eigenvalue weighted by Gasteiger charge is 2.01. The van der Waals surface area contributed by atoms with Crippen molar-refractivity contribution >= 4 is 12.6 Å². The normalized spacial score (nSPS) is 10.3. The molecule has 0 aromatic carbocycles. The fraction of sp³-hybridized carbons (Fsp3) is 0.769. The minimum absolute atomic E-state index is 0. The van der Waals surface area contributed by atoms with Crippen molar-refractivity contribution in [3.63, 3.8) is 0 Å². The molecule has 0 aliphatic carbocycles. The molecule has 0 bridgehead atoms. The van der Waals surface area contributed by atoms with E-state index < -0.39 is 0 Å². The second-order valence-corrected chi connectivity index (χ2v) is 4.97. The number of unbranched alkanes of at least 4 members (excludes halogenated alkanes) is 5. The first-order valence-electron chi connectivity index (χ1n) is 6.72. The van der Waals surface area contributed by atoms with Gasteiger partial charge in [0.15, 0.2) is 0 Å². The largest absolute Gasteiger partial charge is 1.00 e. The van der Waals surface area contributed by atoms with Gasteiger partial charge in [-0.3, -0.25) is 0 Å². The second kappa shape index (κ2) is 12.1. The summed E-state index contributed by atoms with van der Waals surface area (Å²) in [6.07, 6.45) is 14.2. The summed E-state index contributed by atoms with van der Waals surface area (Å²) in [5.74, 6) is 0.899. The van der Waals surface area contributed by atoms with Crippen LogP contribution in [0.5, 0.6) is 0 Å². The molecule has 0 aliphatic rings. The Balaban J connectivity index is 0.00000289. The third kappa shape index (κ3) is 8.16. The molecule has 3 nitrogen and oxygen atoms in total. The zero-order valence-electron chi connectivity index (χ0n) is 11.1. The third-order valence-electron chi connectivity index (χ3n) is 2.97. The zero-order valence-corrected chi connectivity index (χ0v) is 13.6. The molecule has 0 aliphatic heterocycles. The molecular formula is C13H26BrN3S. The highest BCUT2D eigenvalue weighted by molar-refractivity contribution is 7.80. The van der Waals surface area contributed by atoms with Crippen LogP contribution in [0.4, 0.5) is 0 Å². The van der Waals surface area contributed by atoms with Crippen molar-refractivity contribution in [3.05, 3.63) is 18.7 Å². The maximum atomic E-state index is 5.46. The molecule has 1 rings (SSSR count). The lowest BCUT2D eigenvalue weighted by Crippen LogP contribution is -3.00. The Hall–Kier alpha value is 0. The number of nitrogens with two attached hydrogens (primary N) is 1. The van der Waals surface area contributed by atoms with E-state index in [4.69, 9.17) is 5.73 Å². The first-order chi connectivity index (χ1) is 8.36. The van der Waals surface area contributed by atoms with Crippen molar-refractivity contribution in [2.24, 2.45) is 5.73 Å².